The third-order valence-electron chi connectivity index (χ3n) is 2.13. The minimum Gasteiger partial charge on any atom is -0.481 e. The van der Waals surface area contributed by atoms with Crippen LogP contribution in [0, 0.1) is 0 Å². The number of nitrogens with one attached hydrogen (secondary N) is 1. The third kappa shape index (κ3) is 4.07. The van der Waals surface area contributed by atoms with Gasteiger partial charge in [-0.15, -0.1) is 0 Å². The minimum atomic E-state index is -0.902. The van der Waals surface area contributed by atoms with E-state index in [9.17, 15) is 9.59 Å². The number of nitrogens with two attached hydrogens (primary N) is 1. The van der Waals surface area contributed by atoms with Crippen molar-refractivity contribution in [3.05, 3.63) is 28.2 Å². The van der Waals surface area contributed by atoms with Crippen molar-refractivity contribution < 1.29 is 14.7 Å². The van der Waals surface area contributed by atoms with Crippen LogP contribution in [0.2, 0.25) is 0 Å². The fourth-order valence-electron chi connectivity index (χ4n) is 1.43. The van der Waals surface area contributed by atoms with E-state index in [-0.39, 0.29) is 12.5 Å². The van der Waals surface area contributed by atoms with Gasteiger partial charge in [0.25, 0.3) is 5.91 Å². The van der Waals surface area contributed by atoms with Crippen molar-refractivity contribution in [2.75, 3.05) is 5.32 Å². The summed E-state index contributed by atoms with van der Waals surface area (Å²) in [6, 6.07) is 4.69. The summed E-state index contributed by atoms with van der Waals surface area (Å²) in [5.74, 6) is -1.46. The van der Waals surface area contributed by atoms with Gasteiger partial charge in [0.15, 0.2) is 0 Å². The summed E-state index contributed by atoms with van der Waals surface area (Å²) in [5, 5.41) is 11.6. The maximum absolute atomic E-state index is 11.2. The predicted molar refractivity (Wildman–Crippen MR) is 68.0 cm³/mol. The second-order valence-corrected chi connectivity index (χ2v) is 4.61. The summed E-state index contributed by atoms with van der Waals surface area (Å²) in [4.78, 5) is 21.7. The number of aliphatic carboxylic acids is 1. The average Bonchev–Trinajstić information content (AvgIpc) is 2.15. The smallest absolute Gasteiger partial charge is 0.305 e. The lowest BCUT2D eigenvalue weighted by atomic mass is 10.1. The molecule has 1 atom stereocenters. The molecule has 5 nitrogen and oxygen atoms in total. The zero-order valence-electron chi connectivity index (χ0n) is 9.24. The van der Waals surface area contributed by atoms with Crippen LogP contribution in [-0.4, -0.2) is 23.0 Å². The summed E-state index contributed by atoms with van der Waals surface area (Å²) < 4.78 is 0.785. The monoisotopic (exact) mass is 300 g/mol. The molecule has 1 amide bonds. The fraction of sp³-hybridized carbons (Fsp3) is 0.273. The number of primary amides is 1. The van der Waals surface area contributed by atoms with Gasteiger partial charge >= 0.3 is 5.97 Å². The Balaban J connectivity index is 2.92. The van der Waals surface area contributed by atoms with Gasteiger partial charge < -0.3 is 16.2 Å². The summed E-state index contributed by atoms with van der Waals surface area (Å²) in [6.45, 7) is 1.72. The van der Waals surface area contributed by atoms with E-state index in [2.05, 4.69) is 21.2 Å². The number of hydrogen-bond acceptors (Lipinski definition) is 3. The normalized spacial score (nSPS) is 11.9. The Morgan fingerprint density at radius 2 is 2.18 bits per heavy atom. The number of carbonyl (C=O) groups excluding carboxylic acids is 1. The SMILES string of the molecule is CC(CC(=O)O)Nc1cc(Br)ccc1C(N)=O. The Morgan fingerprint density at radius 3 is 2.71 bits per heavy atom. The first-order valence-corrected chi connectivity index (χ1v) is 5.77. The van der Waals surface area contributed by atoms with E-state index in [1.807, 2.05) is 0 Å². The molecule has 0 saturated carbocycles. The first-order chi connectivity index (χ1) is 7.90. The van der Waals surface area contributed by atoms with Crippen molar-refractivity contribution in [2.24, 2.45) is 5.73 Å². The molecule has 0 saturated heterocycles. The molecule has 0 radical (unpaired) electrons. The van der Waals surface area contributed by atoms with Gasteiger partial charge in [-0.05, 0) is 25.1 Å². The molecule has 1 aromatic rings. The van der Waals surface area contributed by atoms with Crippen LogP contribution in [0.25, 0.3) is 0 Å². The molecule has 1 unspecified atom stereocenters. The zero-order chi connectivity index (χ0) is 13.0. The highest BCUT2D eigenvalue weighted by Gasteiger charge is 2.12. The van der Waals surface area contributed by atoms with Crippen molar-refractivity contribution in [3.8, 4) is 0 Å². The number of halogens is 1. The average molecular weight is 301 g/mol. The molecular weight excluding hydrogens is 288 g/mol. The molecule has 4 N–H and O–H groups in total. The van der Waals surface area contributed by atoms with E-state index < -0.39 is 11.9 Å². The number of anilines is 1. The molecule has 0 spiro atoms. The lowest BCUT2D eigenvalue weighted by Crippen LogP contribution is -2.22. The molecule has 0 fully saturated rings. The topological polar surface area (TPSA) is 92.4 Å². The molecule has 6 heteroatoms. The van der Waals surface area contributed by atoms with Crippen molar-refractivity contribution in [1.29, 1.82) is 0 Å². The van der Waals surface area contributed by atoms with E-state index in [1.165, 1.54) is 0 Å². The van der Waals surface area contributed by atoms with Crippen molar-refractivity contribution in [3.63, 3.8) is 0 Å². The molecule has 92 valence electrons. The van der Waals surface area contributed by atoms with Crippen LogP contribution >= 0.6 is 15.9 Å². The Morgan fingerprint density at radius 1 is 1.53 bits per heavy atom. The van der Waals surface area contributed by atoms with Crippen LogP contribution in [0.15, 0.2) is 22.7 Å². The number of carboxylic acids is 1. The molecule has 0 aromatic heterocycles. The lowest BCUT2D eigenvalue weighted by molar-refractivity contribution is -0.137. The zero-order valence-corrected chi connectivity index (χ0v) is 10.8. The van der Waals surface area contributed by atoms with Gasteiger partial charge in [-0.1, -0.05) is 15.9 Å². The number of amides is 1. The van der Waals surface area contributed by atoms with Crippen LogP contribution < -0.4 is 11.1 Å². The van der Waals surface area contributed by atoms with Gasteiger partial charge in [0.1, 0.15) is 0 Å². The standard InChI is InChI=1S/C11H13BrN2O3/c1-6(4-10(15)16)14-9-5-7(12)2-3-8(9)11(13)17/h2-3,5-6,14H,4H2,1H3,(H2,13,17)(H,15,16). The van der Waals surface area contributed by atoms with Gasteiger partial charge in [0, 0.05) is 16.2 Å². The second kappa shape index (κ2) is 5.67. The maximum Gasteiger partial charge on any atom is 0.305 e. The molecule has 0 bridgehead atoms. The van der Waals surface area contributed by atoms with Gasteiger partial charge in [-0.25, -0.2) is 0 Å². The quantitative estimate of drug-likeness (QED) is 0.773. The highest BCUT2D eigenvalue weighted by atomic mass is 79.9. The highest BCUT2D eigenvalue weighted by molar-refractivity contribution is 9.10. The lowest BCUT2D eigenvalue weighted by Gasteiger charge is -2.15. The van der Waals surface area contributed by atoms with E-state index in [0.717, 1.165) is 4.47 Å². The highest BCUT2D eigenvalue weighted by Crippen LogP contribution is 2.22. The van der Waals surface area contributed by atoms with Crippen LogP contribution in [0.4, 0.5) is 5.69 Å². The Kier molecular flexibility index (Phi) is 4.51. The van der Waals surface area contributed by atoms with E-state index >= 15 is 0 Å². The molecule has 1 rings (SSSR count). The van der Waals surface area contributed by atoms with Gasteiger partial charge in [0.05, 0.1) is 12.0 Å². The van der Waals surface area contributed by atoms with Crippen molar-refractivity contribution in [1.82, 2.24) is 0 Å². The number of carbonyl (C=O) groups is 2. The molecule has 0 aliphatic heterocycles. The largest absolute Gasteiger partial charge is 0.481 e. The second-order valence-electron chi connectivity index (χ2n) is 3.70. The molecule has 1 aromatic carbocycles. The van der Waals surface area contributed by atoms with Crippen LogP contribution in [0.5, 0.6) is 0 Å². The van der Waals surface area contributed by atoms with E-state index in [1.54, 1.807) is 25.1 Å². The number of carboxylic acid groups (broad SMARTS) is 1. The molecule has 0 heterocycles. The predicted octanol–water partition coefficient (Wildman–Crippen LogP) is 1.82. The summed E-state index contributed by atoms with van der Waals surface area (Å²) >= 11 is 3.28. The van der Waals surface area contributed by atoms with Gasteiger partial charge in [-0.3, -0.25) is 9.59 Å². The van der Waals surface area contributed by atoms with Crippen LogP contribution in [0.1, 0.15) is 23.7 Å². The maximum atomic E-state index is 11.2. The Bertz CT molecular complexity index is 448. The van der Waals surface area contributed by atoms with E-state index in [4.69, 9.17) is 10.8 Å². The summed E-state index contributed by atoms with van der Waals surface area (Å²) in [7, 11) is 0. The van der Waals surface area contributed by atoms with Gasteiger partial charge in [-0.2, -0.15) is 0 Å². The molecular formula is C11H13BrN2O3. The fourth-order valence-corrected chi connectivity index (χ4v) is 1.79. The summed E-state index contributed by atoms with van der Waals surface area (Å²) in [5.41, 5.74) is 6.10. The number of hydrogen-bond donors (Lipinski definition) is 3. The van der Waals surface area contributed by atoms with Crippen molar-refractivity contribution in [2.45, 2.75) is 19.4 Å². The molecule has 0 aliphatic rings. The number of benzene rings is 1. The summed E-state index contributed by atoms with van der Waals surface area (Å²) in [6.07, 6.45) is -0.0370. The van der Waals surface area contributed by atoms with Crippen LogP contribution in [0.3, 0.4) is 0 Å². The van der Waals surface area contributed by atoms with Crippen LogP contribution in [-0.2, 0) is 4.79 Å². The first-order valence-electron chi connectivity index (χ1n) is 4.98. The molecule has 0 aliphatic carbocycles. The van der Waals surface area contributed by atoms with Crippen molar-refractivity contribution >= 4 is 33.5 Å². The minimum absolute atomic E-state index is 0.0370. The first kappa shape index (κ1) is 13.5. The van der Waals surface area contributed by atoms with Gasteiger partial charge in [0.2, 0.25) is 0 Å². The van der Waals surface area contributed by atoms with E-state index in [0.29, 0.717) is 11.3 Å². The Labute approximate surface area is 107 Å². The Hall–Kier alpha value is -1.56. The number of rotatable bonds is 5. The third-order valence-corrected chi connectivity index (χ3v) is 2.62. The molecule has 17 heavy (non-hydrogen) atoms.